The SMILES string of the molecule is CC.Cc1nc(C(OC(=O)N(C(C)C)C(C)C)c2ccc(OC(F)(F)F)c(F)c2)[nH]c1C. The molecule has 0 bridgehead atoms. The maximum atomic E-state index is 14.3. The fourth-order valence-electron chi connectivity index (χ4n) is 3.05. The lowest BCUT2D eigenvalue weighted by Gasteiger charge is -2.31. The molecule has 1 amide bonds. The molecule has 1 aromatic heterocycles. The van der Waals surface area contributed by atoms with E-state index in [2.05, 4.69) is 14.7 Å². The number of ether oxygens (including phenoxy) is 2. The van der Waals surface area contributed by atoms with E-state index in [1.54, 1.807) is 13.8 Å². The average molecular weight is 462 g/mol. The first-order valence-electron chi connectivity index (χ1n) is 10.4. The fraction of sp³-hybridized carbons (Fsp3) is 0.545. The molecule has 1 N–H and O–H groups in total. The zero-order valence-electron chi connectivity index (χ0n) is 19.6. The van der Waals surface area contributed by atoms with Gasteiger partial charge < -0.3 is 19.4 Å². The topological polar surface area (TPSA) is 67.4 Å². The molecular formula is C22H31F4N3O3. The van der Waals surface area contributed by atoms with Gasteiger partial charge in [-0.25, -0.2) is 14.2 Å². The van der Waals surface area contributed by atoms with Crippen molar-refractivity contribution in [3.8, 4) is 5.75 Å². The largest absolute Gasteiger partial charge is 0.573 e. The van der Waals surface area contributed by atoms with Gasteiger partial charge in [0.1, 0.15) is 0 Å². The minimum absolute atomic E-state index is 0.108. The fourth-order valence-corrected chi connectivity index (χ4v) is 3.05. The number of carbonyl (C=O) groups excluding carboxylic acids is 1. The lowest BCUT2D eigenvalue weighted by molar-refractivity contribution is -0.275. The Morgan fingerprint density at radius 1 is 1.09 bits per heavy atom. The second kappa shape index (κ2) is 11.2. The van der Waals surface area contributed by atoms with E-state index < -0.39 is 30.1 Å². The molecule has 1 atom stereocenters. The first-order valence-corrected chi connectivity index (χ1v) is 10.4. The van der Waals surface area contributed by atoms with E-state index in [9.17, 15) is 22.4 Å². The number of benzene rings is 1. The molecule has 10 heteroatoms. The van der Waals surface area contributed by atoms with Gasteiger partial charge in [0.2, 0.25) is 0 Å². The monoisotopic (exact) mass is 461 g/mol. The molecule has 6 nitrogen and oxygen atoms in total. The van der Waals surface area contributed by atoms with Gasteiger partial charge in [-0.1, -0.05) is 19.9 Å². The van der Waals surface area contributed by atoms with E-state index in [0.29, 0.717) is 11.4 Å². The van der Waals surface area contributed by atoms with Crippen molar-refractivity contribution in [2.75, 3.05) is 0 Å². The molecule has 0 saturated carbocycles. The second-order valence-corrected chi connectivity index (χ2v) is 7.43. The third-order valence-electron chi connectivity index (χ3n) is 4.42. The summed E-state index contributed by atoms with van der Waals surface area (Å²) in [5.41, 5.74) is 1.47. The highest BCUT2D eigenvalue weighted by Crippen LogP contribution is 2.32. The van der Waals surface area contributed by atoms with E-state index in [4.69, 9.17) is 4.74 Å². The number of aryl methyl sites for hydroxylation is 2. The van der Waals surface area contributed by atoms with E-state index >= 15 is 0 Å². The Bertz CT molecular complexity index is 868. The van der Waals surface area contributed by atoms with Crippen molar-refractivity contribution in [1.82, 2.24) is 14.9 Å². The van der Waals surface area contributed by atoms with Gasteiger partial charge in [-0.15, -0.1) is 13.2 Å². The predicted octanol–water partition coefficient (Wildman–Crippen LogP) is 6.44. The maximum absolute atomic E-state index is 14.3. The predicted molar refractivity (Wildman–Crippen MR) is 113 cm³/mol. The standard InChI is InChI=1S/C20H25F4N3O3.C2H6/c1-10(2)27(11(3)4)19(28)29-17(18-25-12(5)13(6)26-18)14-7-8-16(15(21)9-14)30-20(22,23)24;1-2/h7-11,17H,1-6H3,(H,25,26);1-2H3. The molecule has 0 fully saturated rings. The average Bonchev–Trinajstić information content (AvgIpc) is 3.00. The molecule has 2 aromatic rings. The molecule has 0 saturated heterocycles. The zero-order chi connectivity index (χ0) is 24.8. The number of aromatic amines is 1. The van der Waals surface area contributed by atoms with Crippen LogP contribution in [0.5, 0.6) is 5.75 Å². The molecule has 1 unspecified atom stereocenters. The number of nitrogens with zero attached hydrogens (tertiary/aromatic N) is 2. The molecule has 0 aliphatic heterocycles. The highest BCUT2D eigenvalue weighted by molar-refractivity contribution is 5.69. The van der Waals surface area contributed by atoms with Gasteiger partial charge >= 0.3 is 12.5 Å². The molecular weight excluding hydrogens is 430 g/mol. The van der Waals surface area contributed by atoms with Crippen LogP contribution in [-0.2, 0) is 4.74 Å². The Morgan fingerprint density at radius 3 is 2.06 bits per heavy atom. The van der Waals surface area contributed by atoms with Gasteiger partial charge in [-0.3, -0.25) is 0 Å². The zero-order valence-corrected chi connectivity index (χ0v) is 19.6. The van der Waals surface area contributed by atoms with E-state index in [-0.39, 0.29) is 23.5 Å². The molecule has 0 aliphatic rings. The van der Waals surface area contributed by atoms with Crippen molar-refractivity contribution >= 4 is 6.09 Å². The molecule has 0 spiro atoms. The first-order chi connectivity index (χ1) is 14.8. The molecule has 2 rings (SSSR count). The third-order valence-corrected chi connectivity index (χ3v) is 4.42. The van der Waals surface area contributed by atoms with E-state index in [1.165, 1.54) is 11.0 Å². The van der Waals surface area contributed by atoms with Crippen LogP contribution < -0.4 is 4.74 Å². The highest BCUT2D eigenvalue weighted by atomic mass is 19.4. The number of hydrogen-bond donors (Lipinski definition) is 1. The van der Waals surface area contributed by atoms with Crippen LogP contribution in [0, 0.1) is 19.7 Å². The lowest BCUT2D eigenvalue weighted by atomic mass is 10.1. The number of H-pyrrole nitrogens is 1. The van der Waals surface area contributed by atoms with Crippen LogP contribution in [-0.4, -0.2) is 39.4 Å². The van der Waals surface area contributed by atoms with Gasteiger partial charge in [0, 0.05) is 23.3 Å². The molecule has 1 aromatic carbocycles. The number of hydrogen-bond acceptors (Lipinski definition) is 4. The van der Waals surface area contributed by atoms with Gasteiger partial charge in [0.05, 0.1) is 5.69 Å². The summed E-state index contributed by atoms with van der Waals surface area (Å²) in [6, 6.07) is 2.53. The van der Waals surface area contributed by atoms with Crippen molar-refractivity contribution in [2.24, 2.45) is 0 Å². The maximum Gasteiger partial charge on any atom is 0.573 e. The van der Waals surface area contributed by atoms with Crippen molar-refractivity contribution in [3.05, 3.63) is 46.8 Å². The molecule has 180 valence electrons. The quantitative estimate of drug-likeness (QED) is 0.503. The van der Waals surface area contributed by atoms with Crippen LogP contribution in [0.2, 0.25) is 0 Å². The summed E-state index contributed by atoms with van der Waals surface area (Å²) in [7, 11) is 0. The summed E-state index contributed by atoms with van der Waals surface area (Å²) in [6.07, 6.45) is -6.84. The number of carbonyl (C=O) groups is 1. The van der Waals surface area contributed by atoms with Crippen molar-refractivity contribution < 1.29 is 31.8 Å². The molecule has 0 aliphatic carbocycles. The Morgan fingerprint density at radius 2 is 1.66 bits per heavy atom. The lowest BCUT2D eigenvalue weighted by Crippen LogP contribution is -2.43. The second-order valence-electron chi connectivity index (χ2n) is 7.43. The Labute approximate surface area is 185 Å². The Kier molecular flexibility index (Phi) is 9.53. The third kappa shape index (κ3) is 7.13. The smallest absolute Gasteiger partial charge is 0.433 e. The molecule has 1 heterocycles. The van der Waals surface area contributed by atoms with Gasteiger partial charge in [0.25, 0.3) is 0 Å². The Balaban J connectivity index is 0.00000249. The van der Waals surface area contributed by atoms with Gasteiger partial charge in [0.15, 0.2) is 23.5 Å². The summed E-state index contributed by atoms with van der Waals surface area (Å²) in [4.78, 5) is 21.6. The number of alkyl halides is 3. The number of imidazole rings is 1. The molecule has 32 heavy (non-hydrogen) atoms. The van der Waals surface area contributed by atoms with Crippen LogP contribution in [0.4, 0.5) is 22.4 Å². The number of rotatable bonds is 6. The summed E-state index contributed by atoms with van der Waals surface area (Å²) in [5, 5.41) is 0. The van der Waals surface area contributed by atoms with E-state index in [1.807, 2.05) is 41.5 Å². The molecule has 0 radical (unpaired) electrons. The van der Waals surface area contributed by atoms with Gasteiger partial charge in [-0.2, -0.15) is 0 Å². The van der Waals surface area contributed by atoms with Crippen LogP contribution in [0.1, 0.15) is 70.4 Å². The van der Waals surface area contributed by atoms with E-state index in [0.717, 1.165) is 12.1 Å². The van der Waals surface area contributed by atoms with Crippen LogP contribution in [0.25, 0.3) is 0 Å². The first kappa shape index (κ1) is 27.3. The summed E-state index contributed by atoms with van der Waals surface area (Å²) >= 11 is 0. The minimum atomic E-state index is -5.03. The van der Waals surface area contributed by atoms with Crippen molar-refractivity contribution in [2.45, 2.75) is 79.9 Å². The summed E-state index contributed by atoms with van der Waals surface area (Å²) in [5.74, 6) is -1.99. The highest BCUT2D eigenvalue weighted by Gasteiger charge is 2.33. The number of amides is 1. The minimum Gasteiger partial charge on any atom is -0.433 e. The van der Waals surface area contributed by atoms with Crippen molar-refractivity contribution in [3.63, 3.8) is 0 Å². The van der Waals surface area contributed by atoms with Crippen molar-refractivity contribution in [1.29, 1.82) is 0 Å². The number of nitrogens with one attached hydrogen (secondary N) is 1. The summed E-state index contributed by atoms with van der Waals surface area (Å²) in [6.45, 7) is 14.8. The summed E-state index contributed by atoms with van der Waals surface area (Å²) < 4.78 is 60.9. The number of aromatic nitrogens is 2. The number of halogens is 4. The van der Waals surface area contributed by atoms with Crippen LogP contribution in [0.3, 0.4) is 0 Å². The van der Waals surface area contributed by atoms with Gasteiger partial charge in [-0.05, 0) is 53.7 Å². The van der Waals surface area contributed by atoms with Crippen LogP contribution >= 0.6 is 0 Å². The normalized spacial score (nSPS) is 12.3. The Hall–Kier alpha value is -2.78. The van der Waals surface area contributed by atoms with Crippen LogP contribution in [0.15, 0.2) is 18.2 Å².